The van der Waals surface area contributed by atoms with Gasteiger partial charge in [0.2, 0.25) is 5.91 Å². The fraction of sp³-hybridized carbons (Fsp3) is 0.429. The van der Waals surface area contributed by atoms with E-state index >= 15 is 0 Å². The summed E-state index contributed by atoms with van der Waals surface area (Å²) in [7, 11) is 0. The van der Waals surface area contributed by atoms with Crippen LogP contribution in [0.1, 0.15) is 35.7 Å². The highest BCUT2D eigenvalue weighted by Gasteiger charge is 2.05. The molecule has 1 aromatic rings. The number of benzene rings is 1. The van der Waals surface area contributed by atoms with Gasteiger partial charge in [-0.05, 0) is 24.1 Å². The SMILES string of the molecule is CCCOCCC(=O)NCc1cccc(C(=O)O)c1. The maximum Gasteiger partial charge on any atom is 0.335 e. The summed E-state index contributed by atoms with van der Waals surface area (Å²) < 4.78 is 5.22. The summed E-state index contributed by atoms with van der Waals surface area (Å²) in [6.45, 7) is 3.41. The summed E-state index contributed by atoms with van der Waals surface area (Å²) in [5.41, 5.74) is 0.987. The Balaban J connectivity index is 2.33. The van der Waals surface area contributed by atoms with E-state index in [-0.39, 0.29) is 11.5 Å². The molecule has 0 saturated heterocycles. The van der Waals surface area contributed by atoms with Crippen molar-refractivity contribution in [1.82, 2.24) is 5.32 Å². The van der Waals surface area contributed by atoms with E-state index in [0.29, 0.717) is 26.2 Å². The van der Waals surface area contributed by atoms with E-state index in [2.05, 4.69) is 5.32 Å². The Morgan fingerprint density at radius 1 is 1.32 bits per heavy atom. The third kappa shape index (κ3) is 6.01. The van der Waals surface area contributed by atoms with Crippen molar-refractivity contribution < 1.29 is 19.4 Å². The highest BCUT2D eigenvalue weighted by molar-refractivity contribution is 5.87. The van der Waals surface area contributed by atoms with Crippen molar-refractivity contribution in [3.05, 3.63) is 35.4 Å². The van der Waals surface area contributed by atoms with E-state index in [1.165, 1.54) is 6.07 Å². The number of rotatable bonds is 8. The molecule has 0 fully saturated rings. The minimum Gasteiger partial charge on any atom is -0.478 e. The Morgan fingerprint density at radius 3 is 2.79 bits per heavy atom. The molecule has 5 nitrogen and oxygen atoms in total. The van der Waals surface area contributed by atoms with Crippen molar-refractivity contribution in [2.45, 2.75) is 26.3 Å². The quantitative estimate of drug-likeness (QED) is 0.703. The molecule has 1 rings (SSSR count). The predicted molar refractivity (Wildman–Crippen MR) is 71.0 cm³/mol. The molecule has 5 heteroatoms. The van der Waals surface area contributed by atoms with Crippen molar-refractivity contribution in [2.75, 3.05) is 13.2 Å². The van der Waals surface area contributed by atoms with Crippen LogP contribution in [0.15, 0.2) is 24.3 Å². The lowest BCUT2D eigenvalue weighted by Gasteiger charge is -2.06. The second-order valence-corrected chi connectivity index (χ2v) is 4.14. The van der Waals surface area contributed by atoms with Gasteiger partial charge in [-0.3, -0.25) is 4.79 Å². The standard InChI is InChI=1S/C14H19NO4/c1-2-7-19-8-6-13(16)15-10-11-4-3-5-12(9-11)14(17)18/h3-5,9H,2,6-8,10H2,1H3,(H,15,16)(H,17,18). The topological polar surface area (TPSA) is 75.6 Å². The van der Waals surface area contributed by atoms with E-state index in [1.54, 1.807) is 18.2 Å². The van der Waals surface area contributed by atoms with Crippen LogP contribution in [0.2, 0.25) is 0 Å². The van der Waals surface area contributed by atoms with Crippen molar-refractivity contribution in [3.63, 3.8) is 0 Å². The average molecular weight is 265 g/mol. The Morgan fingerprint density at radius 2 is 2.11 bits per heavy atom. The molecule has 0 heterocycles. The summed E-state index contributed by atoms with van der Waals surface area (Å²) in [4.78, 5) is 22.3. The smallest absolute Gasteiger partial charge is 0.335 e. The monoisotopic (exact) mass is 265 g/mol. The first-order chi connectivity index (χ1) is 9.13. The zero-order valence-corrected chi connectivity index (χ0v) is 11.0. The average Bonchev–Trinajstić information content (AvgIpc) is 2.41. The summed E-state index contributed by atoms with van der Waals surface area (Å²) in [5, 5.41) is 11.6. The van der Waals surface area contributed by atoms with Gasteiger partial charge in [-0.25, -0.2) is 4.79 Å². The van der Waals surface area contributed by atoms with E-state index in [1.807, 2.05) is 6.92 Å². The van der Waals surface area contributed by atoms with Gasteiger partial charge >= 0.3 is 5.97 Å². The molecular weight excluding hydrogens is 246 g/mol. The van der Waals surface area contributed by atoms with Gasteiger partial charge in [0.05, 0.1) is 12.2 Å². The van der Waals surface area contributed by atoms with Crippen LogP contribution < -0.4 is 5.32 Å². The lowest BCUT2D eigenvalue weighted by Crippen LogP contribution is -2.24. The molecule has 1 aromatic carbocycles. The molecule has 0 spiro atoms. The third-order valence-electron chi connectivity index (χ3n) is 2.49. The first kappa shape index (κ1) is 15.2. The second kappa shape index (κ2) is 8.26. The first-order valence-electron chi connectivity index (χ1n) is 6.30. The molecule has 0 aromatic heterocycles. The van der Waals surface area contributed by atoms with Gasteiger partial charge in [0.25, 0.3) is 0 Å². The normalized spacial score (nSPS) is 10.2. The Kier molecular flexibility index (Phi) is 6.60. The van der Waals surface area contributed by atoms with Crippen LogP contribution in [0.25, 0.3) is 0 Å². The Labute approximate surface area is 112 Å². The van der Waals surface area contributed by atoms with Gasteiger partial charge in [0, 0.05) is 19.6 Å². The van der Waals surface area contributed by atoms with E-state index in [9.17, 15) is 9.59 Å². The van der Waals surface area contributed by atoms with Crippen molar-refractivity contribution in [3.8, 4) is 0 Å². The largest absolute Gasteiger partial charge is 0.478 e. The molecule has 0 aliphatic heterocycles. The van der Waals surface area contributed by atoms with Crippen LogP contribution in [0, 0.1) is 0 Å². The number of amides is 1. The number of carbonyl (C=O) groups excluding carboxylic acids is 1. The molecular formula is C14H19NO4. The molecule has 0 aliphatic carbocycles. The molecule has 19 heavy (non-hydrogen) atoms. The van der Waals surface area contributed by atoms with Gasteiger partial charge in [0.1, 0.15) is 0 Å². The first-order valence-corrected chi connectivity index (χ1v) is 6.30. The lowest BCUT2D eigenvalue weighted by molar-refractivity contribution is -0.122. The summed E-state index contributed by atoms with van der Waals surface area (Å²) in [5.74, 6) is -1.07. The number of hydrogen-bond donors (Lipinski definition) is 2. The minimum absolute atomic E-state index is 0.100. The molecule has 0 aliphatic rings. The highest BCUT2D eigenvalue weighted by Crippen LogP contribution is 2.05. The molecule has 104 valence electrons. The molecule has 0 bridgehead atoms. The number of ether oxygens (including phenoxy) is 1. The molecule has 0 unspecified atom stereocenters. The van der Waals surface area contributed by atoms with Crippen molar-refractivity contribution in [2.24, 2.45) is 0 Å². The number of nitrogens with one attached hydrogen (secondary N) is 1. The number of carbonyl (C=O) groups is 2. The van der Waals surface area contributed by atoms with Crippen LogP contribution in [0.5, 0.6) is 0 Å². The summed E-state index contributed by atoms with van der Waals surface area (Å²) >= 11 is 0. The zero-order valence-electron chi connectivity index (χ0n) is 11.0. The molecule has 1 amide bonds. The van der Waals surface area contributed by atoms with Crippen LogP contribution >= 0.6 is 0 Å². The fourth-order valence-corrected chi connectivity index (χ4v) is 1.51. The van der Waals surface area contributed by atoms with E-state index < -0.39 is 5.97 Å². The Bertz CT molecular complexity index is 431. The highest BCUT2D eigenvalue weighted by atomic mass is 16.5. The molecule has 0 saturated carbocycles. The van der Waals surface area contributed by atoms with Crippen molar-refractivity contribution >= 4 is 11.9 Å². The predicted octanol–water partition coefficient (Wildman–Crippen LogP) is 1.82. The van der Waals surface area contributed by atoms with Crippen LogP contribution in [-0.4, -0.2) is 30.2 Å². The molecule has 2 N–H and O–H groups in total. The van der Waals surface area contributed by atoms with E-state index in [0.717, 1.165) is 12.0 Å². The number of hydrogen-bond acceptors (Lipinski definition) is 3. The van der Waals surface area contributed by atoms with Gasteiger partial charge in [-0.2, -0.15) is 0 Å². The van der Waals surface area contributed by atoms with Gasteiger partial charge < -0.3 is 15.2 Å². The Hall–Kier alpha value is -1.88. The maximum atomic E-state index is 11.5. The number of carboxylic acid groups (broad SMARTS) is 1. The third-order valence-corrected chi connectivity index (χ3v) is 2.49. The van der Waals surface area contributed by atoms with Crippen LogP contribution in [0.3, 0.4) is 0 Å². The van der Waals surface area contributed by atoms with E-state index in [4.69, 9.17) is 9.84 Å². The molecule has 0 radical (unpaired) electrons. The zero-order chi connectivity index (χ0) is 14.1. The summed E-state index contributed by atoms with van der Waals surface area (Å²) in [6, 6.07) is 6.51. The van der Waals surface area contributed by atoms with Gasteiger partial charge in [0.15, 0.2) is 0 Å². The van der Waals surface area contributed by atoms with Crippen LogP contribution in [-0.2, 0) is 16.1 Å². The maximum absolute atomic E-state index is 11.5. The lowest BCUT2D eigenvalue weighted by atomic mass is 10.1. The summed E-state index contributed by atoms with van der Waals surface area (Å²) in [6.07, 6.45) is 1.25. The number of aromatic carboxylic acids is 1. The number of carboxylic acids is 1. The van der Waals surface area contributed by atoms with Gasteiger partial charge in [-0.1, -0.05) is 19.1 Å². The van der Waals surface area contributed by atoms with Gasteiger partial charge in [-0.15, -0.1) is 0 Å². The second-order valence-electron chi connectivity index (χ2n) is 4.14. The fourth-order valence-electron chi connectivity index (χ4n) is 1.51. The minimum atomic E-state index is -0.971. The molecule has 0 atom stereocenters. The van der Waals surface area contributed by atoms with Crippen molar-refractivity contribution in [1.29, 1.82) is 0 Å². The van der Waals surface area contributed by atoms with Crippen LogP contribution in [0.4, 0.5) is 0 Å².